The van der Waals surface area contributed by atoms with E-state index in [9.17, 15) is 14.9 Å². The molecule has 4 aromatic rings. The summed E-state index contributed by atoms with van der Waals surface area (Å²) in [5.74, 6) is 0.185. The third-order valence-corrected chi connectivity index (χ3v) is 14.3. The maximum atomic E-state index is 13.6. The molecule has 0 spiro atoms. The minimum Gasteiger partial charge on any atom is -0.416 e. The molecule has 0 aliphatic carbocycles. The van der Waals surface area contributed by atoms with Gasteiger partial charge in [-0.2, -0.15) is 10.4 Å². The summed E-state index contributed by atoms with van der Waals surface area (Å²) in [6.07, 6.45) is 4.03. The Morgan fingerprint density at radius 3 is 2.65 bits per heavy atom. The van der Waals surface area contributed by atoms with Crippen LogP contribution in [0, 0.1) is 11.3 Å². The van der Waals surface area contributed by atoms with Crippen molar-refractivity contribution in [2.45, 2.75) is 64.3 Å². The first-order chi connectivity index (χ1) is 22.8. The highest BCUT2D eigenvalue weighted by atomic mass is 28.4. The normalized spacial score (nSPS) is 17.5. The average molecular weight is 660 g/mol. The molecule has 4 heterocycles. The summed E-state index contributed by atoms with van der Waals surface area (Å²) in [6, 6.07) is 17.9. The number of amides is 1. The summed E-state index contributed by atoms with van der Waals surface area (Å²) in [7, 11) is -0.601. The van der Waals surface area contributed by atoms with Crippen molar-refractivity contribution in [1.82, 2.24) is 24.6 Å². The molecule has 0 fully saturated rings. The van der Waals surface area contributed by atoms with Crippen molar-refractivity contribution >= 4 is 45.1 Å². The minimum absolute atomic E-state index is 0.0310. The molecule has 1 atom stereocenters. The van der Waals surface area contributed by atoms with Gasteiger partial charge in [0.1, 0.15) is 17.9 Å². The predicted molar refractivity (Wildman–Crippen MR) is 189 cm³/mol. The quantitative estimate of drug-likeness (QED) is 0.173. The number of aromatic nitrogens is 4. The number of nitrogens with zero attached hydrogens (tertiary/aromatic N) is 7. The molecule has 11 nitrogen and oxygen atoms in total. The number of nitrogens with one attached hydrogen (secondary N) is 1. The largest absolute Gasteiger partial charge is 0.416 e. The molecular formula is C35H40BN8O3Si. The van der Waals surface area contributed by atoms with Crippen molar-refractivity contribution in [3.05, 3.63) is 83.3 Å². The van der Waals surface area contributed by atoms with Crippen LogP contribution >= 0.6 is 0 Å². The van der Waals surface area contributed by atoms with E-state index in [0.717, 1.165) is 22.9 Å². The van der Waals surface area contributed by atoms with Crippen LogP contribution in [0.25, 0.3) is 11.3 Å². The second-order valence-electron chi connectivity index (χ2n) is 14.3. The summed E-state index contributed by atoms with van der Waals surface area (Å²) in [5, 5.41) is 18.0. The predicted octanol–water partition coefficient (Wildman–Crippen LogP) is 5.52. The molecule has 1 N–H and O–H groups in total. The molecule has 0 saturated carbocycles. The minimum atomic E-state index is -2.09. The number of fused-ring (bicyclic) bond motifs is 2. The van der Waals surface area contributed by atoms with Crippen LogP contribution in [0.2, 0.25) is 18.1 Å². The van der Waals surface area contributed by atoms with Gasteiger partial charge in [-0.05, 0) is 47.5 Å². The summed E-state index contributed by atoms with van der Waals surface area (Å²) in [4.78, 5) is 38.1. The van der Waals surface area contributed by atoms with Crippen LogP contribution in [-0.4, -0.2) is 72.2 Å². The zero-order valence-corrected chi connectivity index (χ0v) is 29.3. The Kier molecular flexibility index (Phi) is 8.74. The Morgan fingerprint density at radius 1 is 1.17 bits per heavy atom. The van der Waals surface area contributed by atoms with Crippen LogP contribution in [0.15, 0.2) is 60.9 Å². The lowest BCUT2D eigenvalue weighted by Gasteiger charge is -2.39. The van der Waals surface area contributed by atoms with Crippen molar-refractivity contribution in [2.75, 3.05) is 29.8 Å². The van der Waals surface area contributed by atoms with Gasteiger partial charge in [-0.3, -0.25) is 9.48 Å². The first kappa shape index (κ1) is 33.1. The number of benzene rings is 2. The van der Waals surface area contributed by atoms with E-state index >= 15 is 0 Å². The molecule has 48 heavy (non-hydrogen) atoms. The number of carbonyl (C=O) groups excluding carboxylic acids is 2. The highest BCUT2D eigenvalue weighted by molar-refractivity contribution is 6.74. The summed E-state index contributed by atoms with van der Waals surface area (Å²) in [5.41, 5.74) is 4.99. The summed E-state index contributed by atoms with van der Waals surface area (Å²) >= 11 is 0. The Balaban J connectivity index is 1.30. The highest BCUT2D eigenvalue weighted by Crippen LogP contribution is 2.46. The van der Waals surface area contributed by atoms with Gasteiger partial charge in [0.15, 0.2) is 8.32 Å². The second-order valence-corrected chi connectivity index (χ2v) is 19.1. The topological polar surface area (TPSA) is 129 Å². The molecule has 13 heteroatoms. The Morgan fingerprint density at radius 2 is 1.94 bits per heavy atom. The summed E-state index contributed by atoms with van der Waals surface area (Å²) < 4.78 is 8.42. The SMILES string of the molecule is CC(C)(C)[Si](C)(C)OC[C@@]1(C)CN([B]C=O)c2c(C#N)cc(-c3ccnc(Nc4cnn5c4C(=O)N(Cc4ccccc4)CC5)n3)cc21. The Labute approximate surface area is 283 Å². The molecule has 0 unspecified atom stereocenters. The smallest absolute Gasteiger partial charge is 0.329 e. The number of nitriles is 1. The van der Waals surface area contributed by atoms with Gasteiger partial charge in [0.05, 0.1) is 29.7 Å². The maximum Gasteiger partial charge on any atom is 0.329 e. The molecule has 0 bridgehead atoms. The second kappa shape index (κ2) is 12.7. The van der Waals surface area contributed by atoms with Crippen molar-refractivity contribution in [3.63, 3.8) is 0 Å². The number of carbonyl (C=O) groups is 2. The van der Waals surface area contributed by atoms with Crippen molar-refractivity contribution in [2.24, 2.45) is 0 Å². The van der Waals surface area contributed by atoms with Crippen LogP contribution in [0.3, 0.4) is 0 Å². The Bertz CT molecular complexity index is 1900. The van der Waals surface area contributed by atoms with E-state index in [1.165, 1.54) is 7.41 Å². The van der Waals surface area contributed by atoms with Gasteiger partial charge < -0.3 is 24.2 Å². The van der Waals surface area contributed by atoms with Crippen LogP contribution in [0.1, 0.15) is 54.9 Å². The molecule has 1 radical (unpaired) electrons. The first-order valence-electron chi connectivity index (χ1n) is 16.1. The number of anilines is 3. The highest BCUT2D eigenvalue weighted by Gasteiger charge is 2.44. The fourth-order valence-corrected chi connectivity index (χ4v) is 7.16. The lowest BCUT2D eigenvalue weighted by molar-refractivity contribution is 0.0685. The number of rotatable bonds is 10. The van der Waals surface area contributed by atoms with E-state index in [4.69, 9.17) is 9.41 Å². The Hall–Kier alpha value is -4.80. The van der Waals surface area contributed by atoms with Gasteiger partial charge in [0, 0.05) is 49.1 Å². The van der Waals surface area contributed by atoms with Crippen LogP contribution in [0.4, 0.5) is 17.3 Å². The standard InChI is InChI=1S/C35H40BN8O3Si/c1-34(2,3)48(5,6)47-22-35(4)21-43(36-23-45)30-26(18-37)16-25(17-27(30)35)28-12-13-38-33(40-28)41-29-19-39-44-15-14-42(32(46)31(29)44)20-24-10-8-7-9-11-24/h7-13,16-17,19,23H,14-15,20-22H2,1-6H3,(H,38,40,41)/t35-/m1/s1. The van der Waals surface area contributed by atoms with Crippen LogP contribution < -0.4 is 10.1 Å². The third kappa shape index (κ3) is 6.25. The van der Waals surface area contributed by atoms with Crippen LogP contribution in [-0.2, 0) is 27.7 Å². The maximum absolute atomic E-state index is 13.6. The van der Waals surface area contributed by atoms with Gasteiger partial charge in [-0.25, -0.2) is 9.97 Å². The van der Waals surface area contributed by atoms with Crippen LogP contribution in [0.5, 0.6) is 0 Å². The molecule has 1 amide bonds. The monoisotopic (exact) mass is 659 g/mol. The molecule has 2 aliphatic rings. The zero-order valence-electron chi connectivity index (χ0n) is 28.3. The molecule has 2 aromatic heterocycles. The van der Waals surface area contributed by atoms with E-state index < -0.39 is 13.7 Å². The van der Waals surface area contributed by atoms with E-state index in [0.29, 0.717) is 67.1 Å². The van der Waals surface area contributed by atoms with E-state index in [1.54, 1.807) is 29.2 Å². The molecule has 0 saturated heterocycles. The lowest BCUT2D eigenvalue weighted by Crippen LogP contribution is -2.46. The van der Waals surface area contributed by atoms with E-state index in [2.05, 4.69) is 62.3 Å². The van der Waals surface area contributed by atoms with E-state index in [1.807, 2.05) is 46.1 Å². The van der Waals surface area contributed by atoms with Gasteiger partial charge in [-0.15, -0.1) is 0 Å². The van der Waals surface area contributed by atoms with Crippen molar-refractivity contribution in [3.8, 4) is 17.3 Å². The zero-order chi connectivity index (χ0) is 34.3. The van der Waals surface area contributed by atoms with Gasteiger partial charge in [-0.1, -0.05) is 58.0 Å². The molecular weight excluding hydrogens is 619 g/mol. The number of hydrogen-bond donors (Lipinski definition) is 1. The number of hydrogen-bond acceptors (Lipinski definition) is 9. The van der Waals surface area contributed by atoms with Crippen molar-refractivity contribution in [1.29, 1.82) is 5.26 Å². The first-order valence-corrected chi connectivity index (χ1v) is 19.0. The lowest BCUT2D eigenvalue weighted by atomic mass is 9.83. The van der Waals surface area contributed by atoms with Gasteiger partial charge in [0.25, 0.3) is 5.91 Å². The molecule has 2 aromatic carbocycles. The fourth-order valence-electron chi connectivity index (χ4n) is 6.05. The molecule has 6 rings (SSSR count). The van der Waals surface area contributed by atoms with Gasteiger partial charge >= 0.3 is 7.41 Å². The van der Waals surface area contributed by atoms with Crippen molar-refractivity contribution < 1.29 is 14.0 Å². The molecule has 245 valence electrons. The average Bonchev–Trinajstić information content (AvgIpc) is 3.60. The third-order valence-electron chi connectivity index (χ3n) is 9.81. The fraction of sp³-hybridized carbons (Fsp3) is 0.371. The molecule has 2 aliphatic heterocycles. The summed E-state index contributed by atoms with van der Waals surface area (Å²) in [6.45, 7) is 15.8. The van der Waals surface area contributed by atoms with Gasteiger partial charge in [0.2, 0.25) is 5.95 Å². The van der Waals surface area contributed by atoms with E-state index in [-0.39, 0.29) is 10.9 Å².